The van der Waals surface area contributed by atoms with E-state index >= 15 is 4.79 Å². The number of nitrogens with one attached hydrogen (secondary N) is 1. The average molecular weight is 911 g/mol. The third kappa shape index (κ3) is 6.52. The lowest BCUT2D eigenvalue weighted by molar-refractivity contribution is -0.373. The highest BCUT2D eigenvalue weighted by molar-refractivity contribution is 6.02. The number of aliphatic hydroxyl groups excluding tert-OH is 2. The first-order chi connectivity index (χ1) is 31.2. The van der Waals surface area contributed by atoms with Gasteiger partial charge in [-0.15, -0.1) is 0 Å². The summed E-state index contributed by atoms with van der Waals surface area (Å²) in [5.41, 5.74) is 1.04. The number of methoxy groups -OCH3 is 1. The largest absolute Gasteiger partial charge is 0.482 e. The van der Waals surface area contributed by atoms with Gasteiger partial charge in [-0.25, -0.2) is 9.48 Å². The molecule has 1 aromatic carbocycles. The SMILES string of the molecule is COC(=O)/C(C)=C\CC12OC(C)(C)C3CC(C1=O)C1C4=C(Nc5ncnn51)c1c(O[C@H]5O[C@H]6COC(C)(C)O[C@@H]6[C@@H](O)[C@@H]5O)c5c(c(CC=C(C)C)c1OC432)OC(C)(CCC=C(C)C)C=C5. The number of ketones is 1. The fraction of sp³-hybridized carbons (Fsp3) is 0.600. The second-order valence-electron chi connectivity index (χ2n) is 20.8. The van der Waals surface area contributed by atoms with Crippen molar-refractivity contribution >= 4 is 29.5 Å². The van der Waals surface area contributed by atoms with E-state index in [9.17, 15) is 15.0 Å². The highest BCUT2D eigenvalue weighted by Gasteiger charge is 2.84. The Kier molecular flexibility index (Phi) is 10.5. The molecule has 3 aliphatic carbocycles. The smallest absolute Gasteiger partial charge is 0.333 e. The van der Waals surface area contributed by atoms with Crippen molar-refractivity contribution in [3.8, 4) is 17.2 Å². The van der Waals surface area contributed by atoms with Crippen LogP contribution in [0.25, 0.3) is 11.8 Å². The number of Topliss-reactive ketones (excluding diaryl/α,β-unsaturated/α-hetero) is 1. The number of anilines is 1. The molecule has 9 aliphatic rings. The Labute approximate surface area is 385 Å². The minimum absolute atomic E-state index is 0.0228. The minimum Gasteiger partial charge on any atom is -0.482 e. The van der Waals surface area contributed by atoms with Gasteiger partial charge in [-0.05, 0) is 107 Å². The lowest BCUT2D eigenvalue weighted by Crippen LogP contribution is -2.75. The van der Waals surface area contributed by atoms with Gasteiger partial charge in [0.1, 0.15) is 53.6 Å². The van der Waals surface area contributed by atoms with Crippen LogP contribution in [0.3, 0.4) is 0 Å². The summed E-state index contributed by atoms with van der Waals surface area (Å²) in [4.78, 5) is 33.2. The first-order valence-electron chi connectivity index (χ1n) is 23.1. The lowest BCUT2D eigenvalue weighted by atomic mass is 9.47. The third-order valence-electron chi connectivity index (χ3n) is 15.0. The lowest BCUT2D eigenvalue weighted by Gasteiger charge is -2.62. The number of ether oxygens (including phenoxy) is 8. The first kappa shape index (κ1) is 45.0. The second kappa shape index (κ2) is 15.3. The molecule has 3 N–H and O–H groups in total. The molecule has 3 saturated carbocycles. The maximum atomic E-state index is 15.6. The molecule has 6 aliphatic heterocycles. The molecule has 66 heavy (non-hydrogen) atoms. The monoisotopic (exact) mass is 910 g/mol. The summed E-state index contributed by atoms with van der Waals surface area (Å²) < 4.78 is 54.7. The number of esters is 1. The number of hydrogen-bond acceptors (Lipinski definition) is 15. The van der Waals surface area contributed by atoms with E-state index in [0.717, 1.165) is 17.6 Å². The van der Waals surface area contributed by atoms with Crippen LogP contribution in [-0.4, -0.2) is 109 Å². The van der Waals surface area contributed by atoms with Gasteiger partial charge in [-0.3, -0.25) is 4.79 Å². The number of benzene rings is 1. The Balaban J connectivity index is 1.24. The number of carbonyl (C=O) groups excluding carboxylic acids is 2. The minimum atomic E-state index is -1.60. The highest BCUT2D eigenvalue weighted by Crippen LogP contribution is 2.74. The van der Waals surface area contributed by atoms with Crippen LogP contribution < -0.4 is 19.5 Å². The standard InChI is InChI=1S/C50H62N4O12/c1-24(2)13-12-18-48(10)19-17-28-38(64-48)27(15-14-25(3)4)40-32(39(28)62-44-37(56)36(55)41-30(61-44)22-60-47(8,9)63-41)34-33-35(54-45(53-34)51-23-52-54)29-21-31-46(6,7)66-49(42(29)57,50(31,33)65-40)20-16-26(5)43(58)59-11/h13-14,16-17,19,23,29-31,35-37,41,44,55-56H,12,15,18,20-22H2,1-11H3,(H,51,52,53)/b26-16-/t29?,30-,31?,35?,36-,37-,41-,44+,48?,49?,50?/m0/s1. The Morgan fingerprint density at radius 1 is 1.02 bits per heavy atom. The molecular weight excluding hydrogens is 849 g/mol. The van der Waals surface area contributed by atoms with E-state index in [1.54, 1.807) is 31.5 Å². The van der Waals surface area contributed by atoms with E-state index in [1.807, 2.05) is 46.8 Å². The Bertz CT molecular complexity index is 2560. The van der Waals surface area contributed by atoms with Crippen LogP contribution in [0.5, 0.6) is 17.2 Å². The van der Waals surface area contributed by atoms with Gasteiger partial charge in [-0.2, -0.15) is 10.1 Å². The molecule has 16 heteroatoms. The molecule has 4 bridgehead atoms. The topological polar surface area (TPSA) is 191 Å². The van der Waals surface area contributed by atoms with Gasteiger partial charge >= 0.3 is 5.97 Å². The number of fused-ring (bicyclic) bond motifs is 5. The Morgan fingerprint density at radius 2 is 1.77 bits per heavy atom. The van der Waals surface area contributed by atoms with Crippen molar-refractivity contribution in [2.45, 2.75) is 166 Å². The second-order valence-corrected chi connectivity index (χ2v) is 20.8. The number of hydrogen-bond donors (Lipinski definition) is 3. The van der Waals surface area contributed by atoms with E-state index in [0.29, 0.717) is 64.7 Å². The summed E-state index contributed by atoms with van der Waals surface area (Å²) in [5, 5.41) is 31.9. The van der Waals surface area contributed by atoms with Crippen LogP contribution in [0.2, 0.25) is 0 Å². The van der Waals surface area contributed by atoms with Crippen LogP contribution in [0.15, 0.2) is 52.9 Å². The van der Waals surface area contributed by atoms with Crippen LogP contribution in [0.1, 0.15) is 118 Å². The first-order valence-corrected chi connectivity index (χ1v) is 23.1. The molecule has 11 atom stereocenters. The van der Waals surface area contributed by atoms with Gasteiger partial charge < -0.3 is 53.4 Å². The van der Waals surface area contributed by atoms with Crippen molar-refractivity contribution in [3.63, 3.8) is 0 Å². The zero-order valence-corrected chi connectivity index (χ0v) is 39.6. The zero-order valence-electron chi connectivity index (χ0n) is 39.6. The predicted molar refractivity (Wildman–Crippen MR) is 240 cm³/mol. The normalized spacial score (nSPS) is 35.8. The van der Waals surface area contributed by atoms with E-state index in [-0.39, 0.29) is 30.5 Å². The number of carbonyl (C=O) groups is 2. The van der Waals surface area contributed by atoms with Gasteiger partial charge in [0.05, 0.1) is 42.2 Å². The molecule has 6 unspecified atom stereocenters. The van der Waals surface area contributed by atoms with Gasteiger partial charge in [0.2, 0.25) is 12.2 Å². The van der Waals surface area contributed by atoms with E-state index in [2.05, 4.69) is 36.3 Å². The quantitative estimate of drug-likeness (QED) is 0.134. The predicted octanol–water partition coefficient (Wildman–Crippen LogP) is 6.46. The molecule has 0 amide bonds. The van der Waals surface area contributed by atoms with Crippen LogP contribution in [0.4, 0.5) is 5.95 Å². The molecular formula is C50H62N4O12. The molecule has 16 nitrogen and oxygen atoms in total. The van der Waals surface area contributed by atoms with E-state index in [4.69, 9.17) is 43.0 Å². The van der Waals surface area contributed by atoms with Crippen LogP contribution in [0, 0.1) is 11.8 Å². The van der Waals surface area contributed by atoms with E-state index in [1.165, 1.54) is 19.0 Å². The molecule has 2 aromatic rings. The maximum absolute atomic E-state index is 15.6. The van der Waals surface area contributed by atoms with Crippen molar-refractivity contribution in [1.82, 2.24) is 14.8 Å². The molecule has 3 saturated heterocycles. The average Bonchev–Trinajstić information content (AvgIpc) is 3.78. The van der Waals surface area contributed by atoms with Crippen molar-refractivity contribution in [1.29, 1.82) is 0 Å². The van der Waals surface area contributed by atoms with Crippen molar-refractivity contribution in [2.24, 2.45) is 11.8 Å². The Morgan fingerprint density at radius 3 is 2.50 bits per heavy atom. The number of aliphatic hydroxyl groups is 2. The summed E-state index contributed by atoms with van der Waals surface area (Å²) >= 11 is 0. The molecule has 7 heterocycles. The number of aromatic nitrogens is 3. The van der Waals surface area contributed by atoms with Crippen LogP contribution in [-0.2, 0) is 39.7 Å². The number of rotatable bonds is 10. The third-order valence-corrected chi connectivity index (χ3v) is 15.0. The zero-order chi connectivity index (χ0) is 47.0. The van der Waals surface area contributed by atoms with Crippen molar-refractivity contribution in [3.05, 3.63) is 69.6 Å². The van der Waals surface area contributed by atoms with Crippen molar-refractivity contribution < 1.29 is 57.7 Å². The van der Waals surface area contributed by atoms with Gasteiger partial charge in [0, 0.05) is 35.0 Å². The van der Waals surface area contributed by atoms with Crippen molar-refractivity contribution in [2.75, 3.05) is 19.0 Å². The van der Waals surface area contributed by atoms with Crippen LogP contribution >= 0.6 is 0 Å². The molecule has 0 radical (unpaired) electrons. The van der Waals surface area contributed by atoms with E-state index < -0.39 is 76.8 Å². The maximum Gasteiger partial charge on any atom is 0.333 e. The van der Waals surface area contributed by atoms with Gasteiger partial charge in [-0.1, -0.05) is 29.4 Å². The summed E-state index contributed by atoms with van der Waals surface area (Å²) in [6.07, 6.45) is 7.77. The fourth-order valence-electron chi connectivity index (χ4n) is 11.9. The molecule has 6 fully saturated rings. The highest BCUT2D eigenvalue weighted by atomic mass is 16.8. The van der Waals surface area contributed by atoms with Gasteiger partial charge in [0.25, 0.3) is 0 Å². The Hall–Kier alpha value is -4.84. The summed E-state index contributed by atoms with van der Waals surface area (Å²) in [6, 6.07) is -0.624. The molecule has 354 valence electrons. The fourth-order valence-corrected chi connectivity index (χ4v) is 11.9. The molecule has 1 spiro atoms. The summed E-state index contributed by atoms with van der Waals surface area (Å²) in [7, 11) is 1.33. The van der Waals surface area contributed by atoms with Gasteiger partial charge in [0.15, 0.2) is 22.8 Å². The summed E-state index contributed by atoms with van der Waals surface area (Å²) in [6.45, 7) is 19.5. The molecule has 11 rings (SSSR count). The number of nitrogens with zero attached hydrogens (tertiary/aromatic N) is 3. The summed E-state index contributed by atoms with van der Waals surface area (Å²) in [5.74, 6) is -1.04. The number of allylic oxidation sites excluding steroid dienone is 4. The molecule has 1 aromatic heterocycles.